The van der Waals surface area contributed by atoms with Crippen LogP contribution in [0.5, 0.6) is 0 Å². The molecule has 0 saturated heterocycles. The van der Waals surface area contributed by atoms with Crippen molar-refractivity contribution in [2.75, 3.05) is 19.6 Å². The van der Waals surface area contributed by atoms with Gasteiger partial charge in [0.2, 0.25) is 5.91 Å². The zero-order valence-corrected chi connectivity index (χ0v) is 15.0. The van der Waals surface area contributed by atoms with Crippen molar-refractivity contribution in [3.05, 3.63) is 70.2 Å². The second-order valence-corrected chi connectivity index (χ2v) is 6.29. The summed E-state index contributed by atoms with van der Waals surface area (Å²) in [6.45, 7) is -0.0118. The number of nitrogens with one attached hydrogen (secondary N) is 2. The van der Waals surface area contributed by atoms with E-state index in [-0.39, 0.29) is 25.5 Å². The van der Waals surface area contributed by atoms with E-state index in [0.29, 0.717) is 21.7 Å². The van der Waals surface area contributed by atoms with E-state index in [1.807, 2.05) is 0 Å². The topological polar surface area (TPSA) is 95.6 Å². The van der Waals surface area contributed by atoms with Gasteiger partial charge in [-0.1, -0.05) is 29.8 Å². The Morgan fingerprint density at radius 1 is 0.889 bits per heavy atom. The molecule has 1 heterocycles. The first-order valence-corrected chi connectivity index (χ1v) is 8.61. The summed E-state index contributed by atoms with van der Waals surface area (Å²) in [5.74, 6) is -1.77. The van der Waals surface area contributed by atoms with Crippen molar-refractivity contribution in [3.8, 4) is 0 Å². The van der Waals surface area contributed by atoms with Gasteiger partial charge in [0, 0.05) is 23.7 Å². The Morgan fingerprint density at radius 3 is 2.15 bits per heavy atom. The standard InChI is InChI=1S/C19H16ClN3O4/c20-13-5-3-4-12(10-13)17(25)22-9-8-21-16(24)11-23-18(26)14-6-1-2-7-15(14)19(23)27/h1-7,10H,8-9,11H2,(H,21,24)(H,22,25). The largest absolute Gasteiger partial charge is 0.353 e. The molecule has 0 aromatic heterocycles. The second-order valence-electron chi connectivity index (χ2n) is 5.86. The van der Waals surface area contributed by atoms with Crippen LogP contribution in [0, 0.1) is 0 Å². The maximum atomic E-state index is 12.2. The van der Waals surface area contributed by atoms with E-state index in [2.05, 4.69) is 10.6 Å². The molecule has 0 atom stereocenters. The monoisotopic (exact) mass is 385 g/mol. The van der Waals surface area contributed by atoms with Crippen LogP contribution in [0.3, 0.4) is 0 Å². The molecular weight excluding hydrogens is 370 g/mol. The maximum Gasteiger partial charge on any atom is 0.262 e. The predicted molar refractivity (Wildman–Crippen MR) is 98.6 cm³/mol. The van der Waals surface area contributed by atoms with Gasteiger partial charge in [0.05, 0.1) is 11.1 Å². The zero-order chi connectivity index (χ0) is 19.4. The number of fused-ring (bicyclic) bond motifs is 1. The van der Waals surface area contributed by atoms with Crippen LogP contribution >= 0.6 is 11.6 Å². The molecule has 0 spiro atoms. The molecule has 0 saturated carbocycles. The number of nitrogens with zero attached hydrogens (tertiary/aromatic N) is 1. The Kier molecular flexibility index (Phi) is 5.52. The van der Waals surface area contributed by atoms with Crippen molar-refractivity contribution in [1.82, 2.24) is 15.5 Å². The number of carbonyl (C=O) groups is 4. The summed E-state index contributed by atoms with van der Waals surface area (Å²) < 4.78 is 0. The molecule has 0 unspecified atom stereocenters. The molecule has 0 fully saturated rings. The van der Waals surface area contributed by atoms with Crippen molar-refractivity contribution >= 4 is 35.2 Å². The molecule has 1 aliphatic heterocycles. The van der Waals surface area contributed by atoms with Gasteiger partial charge in [-0.05, 0) is 30.3 Å². The van der Waals surface area contributed by atoms with Crippen LogP contribution in [0.4, 0.5) is 0 Å². The molecule has 8 heteroatoms. The smallest absolute Gasteiger partial charge is 0.262 e. The van der Waals surface area contributed by atoms with Gasteiger partial charge in [0.15, 0.2) is 0 Å². The highest BCUT2D eigenvalue weighted by Crippen LogP contribution is 2.21. The number of benzene rings is 2. The van der Waals surface area contributed by atoms with Gasteiger partial charge in [0.25, 0.3) is 17.7 Å². The normalized spacial score (nSPS) is 12.7. The Morgan fingerprint density at radius 2 is 1.52 bits per heavy atom. The van der Waals surface area contributed by atoms with E-state index in [4.69, 9.17) is 11.6 Å². The molecule has 138 valence electrons. The van der Waals surface area contributed by atoms with Crippen LogP contribution in [-0.2, 0) is 4.79 Å². The molecule has 0 radical (unpaired) electrons. The minimum absolute atomic E-state index is 0.161. The summed E-state index contributed by atoms with van der Waals surface area (Å²) in [6.07, 6.45) is 0. The summed E-state index contributed by atoms with van der Waals surface area (Å²) in [5, 5.41) is 5.67. The van der Waals surface area contributed by atoms with Crippen LogP contribution in [-0.4, -0.2) is 48.2 Å². The minimum atomic E-state index is -0.486. The zero-order valence-electron chi connectivity index (χ0n) is 14.2. The van der Waals surface area contributed by atoms with Gasteiger partial charge in [-0.3, -0.25) is 24.1 Å². The van der Waals surface area contributed by atoms with Crippen LogP contribution in [0.2, 0.25) is 5.02 Å². The highest BCUT2D eigenvalue weighted by Gasteiger charge is 2.36. The summed E-state index contributed by atoms with van der Waals surface area (Å²) >= 11 is 5.83. The lowest BCUT2D eigenvalue weighted by molar-refractivity contribution is -0.121. The van der Waals surface area contributed by atoms with E-state index in [0.717, 1.165) is 4.90 Å². The summed E-state index contributed by atoms with van der Waals surface area (Å²) in [4.78, 5) is 49.3. The average Bonchev–Trinajstić information content (AvgIpc) is 2.90. The molecule has 1 aliphatic rings. The Labute approximate surface area is 160 Å². The van der Waals surface area contributed by atoms with Crippen molar-refractivity contribution in [2.24, 2.45) is 0 Å². The molecule has 0 bridgehead atoms. The Bertz CT molecular complexity index is 894. The number of rotatable bonds is 6. The molecular formula is C19H16ClN3O4. The summed E-state index contributed by atoms with van der Waals surface area (Å²) in [7, 11) is 0. The number of halogens is 1. The second kappa shape index (κ2) is 8.01. The van der Waals surface area contributed by atoms with Crippen molar-refractivity contribution < 1.29 is 19.2 Å². The third kappa shape index (κ3) is 4.15. The lowest BCUT2D eigenvalue weighted by Gasteiger charge is -2.13. The van der Waals surface area contributed by atoms with Crippen molar-refractivity contribution in [3.63, 3.8) is 0 Å². The van der Waals surface area contributed by atoms with Crippen LogP contribution in [0.15, 0.2) is 48.5 Å². The summed E-state index contributed by atoms with van der Waals surface area (Å²) in [5.41, 5.74) is 1.01. The molecule has 3 rings (SSSR count). The Balaban J connectivity index is 1.45. The lowest BCUT2D eigenvalue weighted by Crippen LogP contribution is -2.42. The Hall–Kier alpha value is -3.19. The maximum absolute atomic E-state index is 12.2. The number of hydrogen-bond acceptors (Lipinski definition) is 4. The first kappa shape index (κ1) is 18.6. The molecule has 0 aliphatic carbocycles. The van der Waals surface area contributed by atoms with Gasteiger partial charge < -0.3 is 10.6 Å². The van der Waals surface area contributed by atoms with E-state index < -0.39 is 17.7 Å². The number of hydrogen-bond donors (Lipinski definition) is 2. The lowest BCUT2D eigenvalue weighted by atomic mass is 10.1. The molecule has 4 amide bonds. The van der Waals surface area contributed by atoms with E-state index in [9.17, 15) is 19.2 Å². The molecule has 2 aromatic rings. The molecule has 27 heavy (non-hydrogen) atoms. The fourth-order valence-corrected chi connectivity index (χ4v) is 2.88. The third-order valence-corrected chi connectivity index (χ3v) is 4.23. The fourth-order valence-electron chi connectivity index (χ4n) is 2.69. The van der Waals surface area contributed by atoms with Crippen LogP contribution in [0.25, 0.3) is 0 Å². The quantitative estimate of drug-likeness (QED) is 0.581. The SMILES string of the molecule is O=C(CN1C(=O)c2ccccc2C1=O)NCCNC(=O)c1cccc(Cl)c1. The van der Waals surface area contributed by atoms with Crippen molar-refractivity contribution in [2.45, 2.75) is 0 Å². The number of amides is 4. The van der Waals surface area contributed by atoms with E-state index >= 15 is 0 Å². The van der Waals surface area contributed by atoms with Gasteiger partial charge >= 0.3 is 0 Å². The van der Waals surface area contributed by atoms with Crippen LogP contribution in [0.1, 0.15) is 31.1 Å². The number of imide groups is 1. The van der Waals surface area contributed by atoms with Gasteiger partial charge in [-0.15, -0.1) is 0 Å². The first-order chi connectivity index (χ1) is 13.0. The molecule has 7 nitrogen and oxygen atoms in total. The average molecular weight is 386 g/mol. The first-order valence-electron chi connectivity index (χ1n) is 8.23. The molecule has 2 aromatic carbocycles. The number of carbonyl (C=O) groups excluding carboxylic acids is 4. The van der Waals surface area contributed by atoms with Crippen molar-refractivity contribution in [1.29, 1.82) is 0 Å². The molecule has 2 N–H and O–H groups in total. The fraction of sp³-hybridized carbons (Fsp3) is 0.158. The highest BCUT2D eigenvalue weighted by molar-refractivity contribution is 6.31. The predicted octanol–water partition coefficient (Wildman–Crippen LogP) is 1.48. The van der Waals surface area contributed by atoms with E-state index in [1.54, 1.807) is 42.5 Å². The van der Waals surface area contributed by atoms with Gasteiger partial charge in [-0.25, -0.2) is 0 Å². The van der Waals surface area contributed by atoms with Gasteiger partial charge in [-0.2, -0.15) is 0 Å². The minimum Gasteiger partial charge on any atom is -0.353 e. The van der Waals surface area contributed by atoms with E-state index in [1.165, 1.54) is 6.07 Å². The highest BCUT2D eigenvalue weighted by atomic mass is 35.5. The van der Waals surface area contributed by atoms with Gasteiger partial charge in [0.1, 0.15) is 6.54 Å². The van der Waals surface area contributed by atoms with Crippen LogP contribution < -0.4 is 10.6 Å². The third-order valence-electron chi connectivity index (χ3n) is 4.00. The summed E-state index contributed by atoms with van der Waals surface area (Å²) in [6, 6.07) is 12.9.